The Hall–Kier alpha value is -1.84. The zero-order chi connectivity index (χ0) is 16.1. The van der Waals surface area contributed by atoms with Crippen LogP contribution in [0.3, 0.4) is 0 Å². The number of fused-ring (bicyclic) bond motifs is 1. The van der Waals surface area contributed by atoms with Gasteiger partial charge in [-0.3, -0.25) is 4.98 Å². The summed E-state index contributed by atoms with van der Waals surface area (Å²) < 4.78 is 0. The first kappa shape index (κ1) is 15.1. The molecule has 0 radical (unpaired) electrons. The lowest BCUT2D eigenvalue weighted by Gasteiger charge is -2.36. The Labute approximate surface area is 131 Å². The number of rotatable bonds is 1. The number of amides is 1. The molecule has 1 amide bonds. The number of nitrogens with zero attached hydrogens (tertiary/aromatic N) is 2. The highest BCUT2D eigenvalue weighted by Crippen LogP contribution is 2.49. The first-order valence-corrected chi connectivity index (χ1v) is 7.91. The van der Waals surface area contributed by atoms with Crippen molar-refractivity contribution in [2.75, 3.05) is 6.54 Å². The second-order valence-electron chi connectivity index (χ2n) is 7.62. The van der Waals surface area contributed by atoms with Crippen molar-refractivity contribution in [3.8, 4) is 0 Å². The SMILES string of the molecule is Cc1ncccc1C1=CC2C(C1)CN(C(=O)O)C2C(C)(C)C. The van der Waals surface area contributed by atoms with Crippen LogP contribution in [0, 0.1) is 24.2 Å². The molecule has 1 aromatic rings. The van der Waals surface area contributed by atoms with Gasteiger partial charge in [-0.1, -0.05) is 32.9 Å². The summed E-state index contributed by atoms with van der Waals surface area (Å²) in [6.45, 7) is 9.09. The molecule has 1 N–H and O–H groups in total. The highest BCUT2D eigenvalue weighted by atomic mass is 16.4. The van der Waals surface area contributed by atoms with Gasteiger partial charge in [0, 0.05) is 30.4 Å². The molecule has 22 heavy (non-hydrogen) atoms. The molecule has 0 spiro atoms. The van der Waals surface area contributed by atoms with Gasteiger partial charge in [-0.25, -0.2) is 4.79 Å². The Morgan fingerprint density at radius 3 is 2.73 bits per heavy atom. The van der Waals surface area contributed by atoms with E-state index in [9.17, 15) is 9.90 Å². The molecule has 1 aliphatic carbocycles. The topological polar surface area (TPSA) is 53.4 Å². The number of hydrogen-bond donors (Lipinski definition) is 1. The molecule has 0 saturated carbocycles. The van der Waals surface area contributed by atoms with Crippen molar-refractivity contribution >= 4 is 11.7 Å². The number of aromatic nitrogens is 1. The maximum atomic E-state index is 11.6. The molecule has 2 aliphatic rings. The normalized spacial score (nSPS) is 27.7. The van der Waals surface area contributed by atoms with E-state index in [1.807, 2.05) is 19.2 Å². The molecule has 1 aliphatic heterocycles. The van der Waals surface area contributed by atoms with Gasteiger partial charge in [-0.2, -0.15) is 0 Å². The third-order valence-corrected chi connectivity index (χ3v) is 5.04. The molecule has 0 aromatic carbocycles. The minimum atomic E-state index is -0.790. The van der Waals surface area contributed by atoms with Gasteiger partial charge >= 0.3 is 6.09 Å². The summed E-state index contributed by atoms with van der Waals surface area (Å²) in [5.74, 6) is 0.709. The lowest BCUT2D eigenvalue weighted by atomic mass is 9.78. The summed E-state index contributed by atoms with van der Waals surface area (Å²) in [6.07, 6.45) is 4.29. The van der Waals surface area contributed by atoms with E-state index in [0.29, 0.717) is 18.4 Å². The van der Waals surface area contributed by atoms with E-state index in [1.165, 1.54) is 11.1 Å². The van der Waals surface area contributed by atoms with E-state index < -0.39 is 6.09 Å². The molecule has 4 nitrogen and oxygen atoms in total. The lowest BCUT2D eigenvalue weighted by molar-refractivity contribution is 0.0978. The standard InChI is InChI=1S/C18H24N2O2/c1-11-14(6-5-7-19-11)12-8-13-10-20(17(21)22)16(15(13)9-12)18(2,3)4/h5-7,9,13,15-16H,8,10H2,1-4H3,(H,21,22). The number of carboxylic acid groups (broad SMARTS) is 1. The fourth-order valence-electron chi connectivity index (χ4n) is 4.23. The van der Waals surface area contributed by atoms with Crippen LogP contribution in [0.2, 0.25) is 0 Å². The number of carbonyl (C=O) groups is 1. The second-order valence-corrected chi connectivity index (χ2v) is 7.62. The molecule has 2 heterocycles. The molecule has 1 fully saturated rings. The summed E-state index contributed by atoms with van der Waals surface area (Å²) in [6, 6.07) is 4.14. The van der Waals surface area contributed by atoms with E-state index in [2.05, 4.69) is 37.9 Å². The number of hydrogen-bond acceptors (Lipinski definition) is 2. The van der Waals surface area contributed by atoms with Crippen molar-refractivity contribution in [1.29, 1.82) is 0 Å². The lowest BCUT2D eigenvalue weighted by Crippen LogP contribution is -2.45. The Morgan fingerprint density at radius 2 is 2.14 bits per heavy atom. The van der Waals surface area contributed by atoms with Crippen LogP contribution >= 0.6 is 0 Å². The molecule has 1 saturated heterocycles. The number of pyridine rings is 1. The van der Waals surface area contributed by atoms with Crippen LogP contribution in [-0.2, 0) is 0 Å². The Bertz CT molecular complexity index is 630. The fourth-order valence-corrected chi connectivity index (χ4v) is 4.23. The maximum Gasteiger partial charge on any atom is 0.407 e. The van der Waals surface area contributed by atoms with Crippen molar-refractivity contribution in [2.24, 2.45) is 17.3 Å². The highest BCUT2D eigenvalue weighted by molar-refractivity contribution is 5.72. The molecule has 3 unspecified atom stereocenters. The van der Waals surface area contributed by atoms with Crippen LogP contribution in [0.5, 0.6) is 0 Å². The van der Waals surface area contributed by atoms with Crippen molar-refractivity contribution in [3.63, 3.8) is 0 Å². The zero-order valence-electron chi connectivity index (χ0n) is 13.7. The van der Waals surface area contributed by atoms with Crippen molar-refractivity contribution < 1.29 is 9.90 Å². The van der Waals surface area contributed by atoms with E-state index in [1.54, 1.807) is 4.90 Å². The van der Waals surface area contributed by atoms with Crippen molar-refractivity contribution in [3.05, 3.63) is 35.7 Å². The summed E-state index contributed by atoms with van der Waals surface area (Å²) in [7, 11) is 0. The minimum absolute atomic E-state index is 0.0458. The third kappa shape index (κ3) is 2.40. The Kier molecular flexibility index (Phi) is 3.50. The summed E-state index contributed by atoms with van der Waals surface area (Å²) in [5.41, 5.74) is 3.54. The molecule has 118 valence electrons. The van der Waals surface area contributed by atoms with Gasteiger partial charge in [-0.15, -0.1) is 0 Å². The van der Waals surface area contributed by atoms with Gasteiger partial charge in [0.25, 0.3) is 0 Å². The first-order chi connectivity index (χ1) is 10.3. The van der Waals surface area contributed by atoms with E-state index in [-0.39, 0.29) is 11.5 Å². The largest absolute Gasteiger partial charge is 0.465 e. The average molecular weight is 300 g/mol. The van der Waals surface area contributed by atoms with Gasteiger partial charge in [0.05, 0.1) is 0 Å². The fraction of sp³-hybridized carbons (Fsp3) is 0.556. The quantitative estimate of drug-likeness (QED) is 0.858. The smallest absolute Gasteiger partial charge is 0.407 e. The van der Waals surface area contributed by atoms with Gasteiger partial charge in [0.2, 0.25) is 0 Å². The molecule has 1 aromatic heterocycles. The molecule has 0 bridgehead atoms. The number of aryl methyl sites for hydroxylation is 1. The van der Waals surface area contributed by atoms with E-state index >= 15 is 0 Å². The predicted octanol–water partition coefficient (Wildman–Crippen LogP) is 3.82. The molecular weight excluding hydrogens is 276 g/mol. The van der Waals surface area contributed by atoms with Gasteiger partial charge in [0.1, 0.15) is 0 Å². The highest BCUT2D eigenvalue weighted by Gasteiger charge is 2.50. The summed E-state index contributed by atoms with van der Waals surface area (Å²) in [5, 5.41) is 9.52. The Morgan fingerprint density at radius 1 is 1.41 bits per heavy atom. The zero-order valence-corrected chi connectivity index (χ0v) is 13.7. The van der Waals surface area contributed by atoms with Crippen molar-refractivity contribution in [1.82, 2.24) is 9.88 Å². The summed E-state index contributed by atoms with van der Waals surface area (Å²) >= 11 is 0. The van der Waals surface area contributed by atoms with Crippen LogP contribution in [0.4, 0.5) is 4.79 Å². The average Bonchev–Trinajstić information content (AvgIpc) is 2.94. The maximum absolute atomic E-state index is 11.6. The van der Waals surface area contributed by atoms with Gasteiger partial charge < -0.3 is 10.0 Å². The number of likely N-dealkylation sites (tertiary alicyclic amines) is 1. The molecule has 4 heteroatoms. The Balaban J connectivity index is 1.96. The van der Waals surface area contributed by atoms with Crippen LogP contribution in [0.15, 0.2) is 24.4 Å². The van der Waals surface area contributed by atoms with Crippen LogP contribution in [-0.4, -0.2) is 33.7 Å². The molecule has 3 rings (SSSR count). The van der Waals surface area contributed by atoms with Gasteiger partial charge in [-0.05, 0) is 41.9 Å². The van der Waals surface area contributed by atoms with Crippen LogP contribution in [0.1, 0.15) is 38.4 Å². The van der Waals surface area contributed by atoms with Crippen LogP contribution in [0.25, 0.3) is 5.57 Å². The predicted molar refractivity (Wildman–Crippen MR) is 86.5 cm³/mol. The minimum Gasteiger partial charge on any atom is -0.465 e. The second kappa shape index (κ2) is 5.11. The van der Waals surface area contributed by atoms with Crippen molar-refractivity contribution in [2.45, 2.75) is 40.2 Å². The molecule has 3 atom stereocenters. The molecular formula is C18H24N2O2. The van der Waals surface area contributed by atoms with E-state index in [4.69, 9.17) is 0 Å². The number of allylic oxidation sites excluding steroid dienone is 1. The van der Waals surface area contributed by atoms with Crippen LogP contribution < -0.4 is 0 Å². The first-order valence-electron chi connectivity index (χ1n) is 7.91. The summed E-state index contributed by atoms with van der Waals surface area (Å²) in [4.78, 5) is 17.6. The monoisotopic (exact) mass is 300 g/mol. The third-order valence-electron chi connectivity index (χ3n) is 5.04. The van der Waals surface area contributed by atoms with E-state index in [0.717, 1.165) is 12.1 Å². The van der Waals surface area contributed by atoms with Gasteiger partial charge in [0.15, 0.2) is 0 Å².